The fraction of sp³-hybridized carbons (Fsp3) is 0.312. The first-order valence-electron chi connectivity index (χ1n) is 7.62. The molecular formula is C16H17N5O3. The van der Waals surface area contributed by atoms with E-state index in [0.29, 0.717) is 26.2 Å². The van der Waals surface area contributed by atoms with E-state index in [-0.39, 0.29) is 17.2 Å². The van der Waals surface area contributed by atoms with Crippen molar-refractivity contribution in [2.45, 2.75) is 6.92 Å². The van der Waals surface area contributed by atoms with Gasteiger partial charge in [0.05, 0.1) is 4.92 Å². The van der Waals surface area contributed by atoms with E-state index < -0.39 is 4.92 Å². The van der Waals surface area contributed by atoms with Gasteiger partial charge in [-0.25, -0.2) is 9.97 Å². The minimum Gasteiger partial charge on any atom is -0.353 e. The van der Waals surface area contributed by atoms with Crippen molar-refractivity contribution in [1.82, 2.24) is 14.9 Å². The zero-order valence-corrected chi connectivity index (χ0v) is 13.3. The summed E-state index contributed by atoms with van der Waals surface area (Å²) in [5, 5.41) is 11.1. The number of hydrogen-bond acceptors (Lipinski definition) is 6. The Kier molecular flexibility index (Phi) is 4.37. The Bertz CT molecular complexity index is 772. The van der Waals surface area contributed by atoms with Crippen LogP contribution in [-0.4, -0.2) is 51.9 Å². The molecule has 1 fully saturated rings. The maximum Gasteiger partial charge on any atom is 0.282 e. The minimum absolute atomic E-state index is 0.133. The fourth-order valence-corrected chi connectivity index (χ4v) is 2.74. The van der Waals surface area contributed by atoms with Gasteiger partial charge < -0.3 is 9.80 Å². The van der Waals surface area contributed by atoms with E-state index in [9.17, 15) is 14.9 Å². The van der Waals surface area contributed by atoms with Crippen molar-refractivity contribution in [3.8, 4) is 0 Å². The number of benzene rings is 1. The van der Waals surface area contributed by atoms with Crippen molar-refractivity contribution in [3.05, 3.63) is 58.0 Å². The third-order valence-corrected chi connectivity index (χ3v) is 4.01. The molecule has 0 N–H and O–H groups in total. The highest BCUT2D eigenvalue weighted by molar-refractivity contribution is 5.98. The maximum atomic E-state index is 12.6. The largest absolute Gasteiger partial charge is 0.353 e. The van der Waals surface area contributed by atoms with Gasteiger partial charge in [0, 0.05) is 44.0 Å². The first kappa shape index (κ1) is 15.9. The molecule has 0 saturated carbocycles. The standard InChI is InChI=1S/C16H17N5O3/c1-12-10-15(18-11-17-12)19-6-8-20(9-7-19)16(22)13-4-2-3-5-14(13)21(23)24/h2-5,10-11H,6-9H2,1H3. The number of carbonyl (C=O) groups excluding carboxylic acids is 1. The van der Waals surface area contributed by atoms with Gasteiger partial charge in [-0.2, -0.15) is 0 Å². The number of nitro groups is 1. The fourth-order valence-electron chi connectivity index (χ4n) is 2.74. The molecule has 1 aromatic heterocycles. The predicted octanol–water partition coefficient (Wildman–Crippen LogP) is 1.66. The molecule has 8 heteroatoms. The Labute approximate surface area is 138 Å². The Hall–Kier alpha value is -3.03. The first-order valence-corrected chi connectivity index (χ1v) is 7.62. The third kappa shape index (κ3) is 3.17. The van der Waals surface area contributed by atoms with Gasteiger partial charge >= 0.3 is 0 Å². The van der Waals surface area contributed by atoms with Crippen LogP contribution in [0.3, 0.4) is 0 Å². The van der Waals surface area contributed by atoms with Crippen LogP contribution < -0.4 is 4.90 Å². The Balaban J connectivity index is 1.71. The van der Waals surface area contributed by atoms with Gasteiger partial charge in [0.2, 0.25) is 0 Å². The number of rotatable bonds is 3. The van der Waals surface area contributed by atoms with Crippen LogP contribution in [0, 0.1) is 17.0 Å². The lowest BCUT2D eigenvalue weighted by Crippen LogP contribution is -2.49. The normalized spacial score (nSPS) is 14.5. The molecule has 24 heavy (non-hydrogen) atoms. The van der Waals surface area contributed by atoms with Gasteiger partial charge in [-0.1, -0.05) is 12.1 Å². The highest BCUT2D eigenvalue weighted by Gasteiger charge is 2.27. The molecule has 1 amide bonds. The number of hydrogen-bond donors (Lipinski definition) is 0. The average Bonchev–Trinajstić information content (AvgIpc) is 2.61. The SMILES string of the molecule is Cc1cc(N2CCN(C(=O)c3ccccc3[N+](=O)[O-])CC2)ncn1. The Morgan fingerprint density at radius 2 is 1.88 bits per heavy atom. The van der Waals surface area contributed by atoms with Gasteiger partial charge in [0.1, 0.15) is 17.7 Å². The molecule has 1 aliphatic heterocycles. The summed E-state index contributed by atoms with van der Waals surface area (Å²) < 4.78 is 0. The van der Waals surface area contributed by atoms with Crippen LogP contribution in [0.5, 0.6) is 0 Å². The zero-order valence-electron chi connectivity index (χ0n) is 13.3. The van der Waals surface area contributed by atoms with Gasteiger partial charge in [0.15, 0.2) is 0 Å². The number of nitro benzene ring substituents is 1. The molecule has 0 bridgehead atoms. The summed E-state index contributed by atoms with van der Waals surface area (Å²) in [6.45, 7) is 4.15. The molecule has 0 radical (unpaired) electrons. The lowest BCUT2D eigenvalue weighted by atomic mass is 10.1. The number of nitrogens with zero attached hydrogens (tertiary/aromatic N) is 5. The average molecular weight is 327 g/mol. The van der Waals surface area contributed by atoms with Crippen LogP contribution in [0.15, 0.2) is 36.7 Å². The zero-order chi connectivity index (χ0) is 17.1. The summed E-state index contributed by atoms with van der Waals surface area (Å²) in [5.41, 5.74) is 0.864. The van der Waals surface area contributed by atoms with Crippen molar-refractivity contribution in [2.24, 2.45) is 0 Å². The third-order valence-electron chi connectivity index (χ3n) is 4.01. The molecule has 0 atom stereocenters. The van der Waals surface area contributed by atoms with Crippen LogP contribution in [-0.2, 0) is 0 Å². The first-order chi connectivity index (χ1) is 11.6. The molecule has 3 rings (SSSR count). The van der Waals surface area contributed by atoms with Crippen molar-refractivity contribution in [1.29, 1.82) is 0 Å². The molecule has 2 aromatic rings. The molecule has 0 unspecified atom stereocenters. The number of aromatic nitrogens is 2. The van der Waals surface area contributed by atoms with E-state index >= 15 is 0 Å². The van der Waals surface area contributed by atoms with E-state index in [1.165, 1.54) is 18.5 Å². The summed E-state index contributed by atoms with van der Waals surface area (Å²) >= 11 is 0. The number of anilines is 1. The summed E-state index contributed by atoms with van der Waals surface area (Å²) in [7, 11) is 0. The van der Waals surface area contributed by atoms with Crippen molar-refractivity contribution in [3.63, 3.8) is 0 Å². The van der Waals surface area contributed by atoms with Crippen molar-refractivity contribution >= 4 is 17.4 Å². The van der Waals surface area contributed by atoms with E-state index in [1.54, 1.807) is 17.0 Å². The molecule has 0 spiro atoms. The Morgan fingerprint density at radius 3 is 2.54 bits per heavy atom. The van der Waals surface area contributed by atoms with Crippen LogP contribution in [0.4, 0.5) is 11.5 Å². The molecule has 1 aliphatic rings. The van der Waals surface area contributed by atoms with Crippen molar-refractivity contribution < 1.29 is 9.72 Å². The second kappa shape index (κ2) is 6.61. The number of aryl methyl sites for hydroxylation is 1. The summed E-state index contributed by atoms with van der Waals surface area (Å²) in [4.78, 5) is 35.2. The maximum absolute atomic E-state index is 12.6. The van der Waals surface area contributed by atoms with E-state index in [0.717, 1.165) is 11.5 Å². The second-order valence-corrected chi connectivity index (χ2v) is 5.57. The molecule has 124 valence electrons. The predicted molar refractivity (Wildman–Crippen MR) is 88.0 cm³/mol. The molecule has 8 nitrogen and oxygen atoms in total. The summed E-state index contributed by atoms with van der Waals surface area (Å²) in [6, 6.07) is 7.96. The molecule has 1 saturated heterocycles. The number of para-hydroxylation sites is 1. The van der Waals surface area contributed by atoms with Gasteiger partial charge in [-0.05, 0) is 13.0 Å². The van der Waals surface area contributed by atoms with Crippen LogP contribution in [0.1, 0.15) is 16.1 Å². The molecular weight excluding hydrogens is 310 g/mol. The lowest BCUT2D eigenvalue weighted by Gasteiger charge is -2.35. The van der Waals surface area contributed by atoms with E-state index in [4.69, 9.17) is 0 Å². The highest BCUT2D eigenvalue weighted by atomic mass is 16.6. The quantitative estimate of drug-likeness (QED) is 0.629. The number of carbonyl (C=O) groups is 1. The summed E-state index contributed by atoms with van der Waals surface area (Å²) in [5.74, 6) is 0.529. The highest BCUT2D eigenvalue weighted by Crippen LogP contribution is 2.21. The van der Waals surface area contributed by atoms with Crippen LogP contribution in [0.25, 0.3) is 0 Å². The van der Waals surface area contributed by atoms with E-state index in [2.05, 4.69) is 14.9 Å². The number of piperazine rings is 1. The minimum atomic E-state index is -0.521. The molecule has 2 heterocycles. The van der Waals surface area contributed by atoms with Crippen molar-refractivity contribution in [2.75, 3.05) is 31.1 Å². The van der Waals surface area contributed by atoms with E-state index in [1.807, 2.05) is 13.0 Å². The number of amides is 1. The Morgan fingerprint density at radius 1 is 1.17 bits per heavy atom. The topological polar surface area (TPSA) is 92.5 Å². The smallest absolute Gasteiger partial charge is 0.282 e. The molecule has 1 aromatic carbocycles. The summed E-state index contributed by atoms with van der Waals surface area (Å²) in [6.07, 6.45) is 1.52. The lowest BCUT2D eigenvalue weighted by molar-refractivity contribution is -0.385. The van der Waals surface area contributed by atoms with Crippen LogP contribution >= 0.6 is 0 Å². The van der Waals surface area contributed by atoms with Gasteiger partial charge in [-0.3, -0.25) is 14.9 Å². The van der Waals surface area contributed by atoms with Crippen LogP contribution in [0.2, 0.25) is 0 Å². The molecule has 0 aliphatic carbocycles. The van der Waals surface area contributed by atoms with Gasteiger partial charge in [0.25, 0.3) is 11.6 Å². The second-order valence-electron chi connectivity index (χ2n) is 5.57. The monoisotopic (exact) mass is 327 g/mol. The van der Waals surface area contributed by atoms with Gasteiger partial charge in [-0.15, -0.1) is 0 Å².